The van der Waals surface area contributed by atoms with Gasteiger partial charge in [0, 0.05) is 47.0 Å². The number of benzene rings is 2. The highest BCUT2D eigenvalue weighted by molar-refractivity contribution is 7.98. The number of aliphatic hydroxyl groups is 1. The Morgan fingerprint density at radius 2 is 1.48 bits per heavy atom. The van der Waals surface area contributed by atoms with Gasteiger partial charge < -0.3 is 23.9 Å². The smallest absolute Gasteiger partial charge is 0.268 e. The summed E-state index contributed by atoms with van der Waals surface area (Å²) in [7, 11) is -5.75. The van der Waals surface area contributed by atoms with E-state index in [1.54, 1.807) is 37.1 Å². The lowest BCUT2D eigenvalue weighted by Crippen LogP contribution is -2.34. The van der Waals surface area contributed by atoms with Crippen LogP contribution in [0.15, 0.2) is 48.6 Å². The van der Waals surface area contributed by atoms with Gasteiger partial charge >= 0.3 is 0 Å². The first kappa shape index (κ1) is 38.8. The summed E-state index contributed by atoms with van der Waals surface area (Å²) in [6.07, 6.45) is 6.88. The summed E-state index contributed by atoms with van der Waals surface area (Å²) >= 11 is 1.60. The Morgan fingerprint density at radius 3 is 2.15 bits per heavy atom. The van der Waals surface area contributed by atoms with Crippen LogP contribution in [0, 0.1) is 23.7 Å². The van der Waals surface area contributed by atoms with Crippen molar-refractivity contribution in [3.63, 3.8) is 0 Å². The molecule has 2 aromatic carbocycles. The number of hydrogen-bond acceptors (Lipinski definition) is 10. The van der Waals surface area contributed by atoms with Crippen LogP contribution in [-0.4, -0.2) is 85.7 Å². The van der Waals surface area contributed by atoms with Crippen LogP contribution in [0.25, 0.3) is 0 Å². The van der Waals surface area contributed by atoms with Crippen molar-refractivity contribution in [1.29, 1.82) is 0 Å². The van der Waals surface area contributed by atoms with Crippen molar-refractivity contribution in [2.45, 2.75) is 56.8 Å². The average Bonchev–Trinajstić information content (AvgIpc) is 3.62. The molecule has 2 saturated carbocycles. The Balaban J connectivity index is 1.15. The second kappa shape index (κ2) is 15.8. The number of carbonyl (C=O) groups is 2. The molecule has 52 heavy (non-hydrogen) atoms. The van der Waals surface area contributed by atoms with E-state index in [-0.39, 0.29) is 55.2 Å². The molecule has 0 saturated heterocycles. The molecule has 4 unspecified atom stereocenters. The van der Waals surface area contributed by atoms with Gasteiger partial charge in [-0.1, -0.05) is 24.3 Å². The number of allylic oxidation sites excluding steroid dienone is 2. The van der Waals surface area contributed by atoms with Gasteiger partial charge in [0.2, 0.25) is 0 Å². The van der Waals surface area contributed by atoms with Gasteiger partial charge in [-0.2, -0.15) is 20.2 Å². The fourth-order valence-electron chi connectivity index (χ4n) is 8.69. The summed E-state index contributed by atoms with van der Waals surface area (Å²) in [5, 5.41) is 9.07. The van der Waals surface area contributed by atoms with Crippen LogP contribution < -0.4 is 14.2 Å². The standard InChI is InChI=1S/C39H49O10PS2/c1-23-13-25-5-6-26-18-36(35(47-3)21-31(26)38(41)29(25)14-23)49-8-10-50(43,11-12-51-4)9-7-48-34-19-27-20-37(52(44,45)46)32-15-24(2)16-33(32)39(42)30(27)17-28(34)22-40/h17-19,21,25,29,32-33,37,40H,1-2,5-16,20,22H2,3-4H3,(H,44,45,46)/t25-,29?,32-,33?,37?,50?/m1/s1. The minimum absolute atomic E-state index is 0.0364. The monoisotopic (exact) mass is 772 g/mol. The summed E-state index contributed by atoms with van der Waals surface area (Å²) in [4.78, 5) is 27.1. The Morgan fingerprint density at radius 1 is 0.846 bits per heavy atom. The van der Waals surface area contributed by atoms with Crippen LogP contribution >= 0.6 is 18.9 Å². The number of ketones is 2. The molecule has 0 aliphatic heterocycles. The van der Waals surface area contributed by atoms with Crippen LogP contribution in [0.5, 0.6) is 17.2 Å². The minimum atomic E-state index is -4.47. The first-order valence-electron chi connectivity index (χ1n) is 17.9. The maximum absolute atomic E-state index is 14.3. The summed E-state index contributed by atoms with van der Waals surface area (Å²) in [6, 6.07) is 6.82. The molecule has 6 rings (SSSR count). The van der Waals surface area contributed by atoms with Crippen LogP contribution in [0.4, 0.5) is 0 Å². The van der Waals surface area contributed by atoms with E-state index < -0.39 is 41.0 Å². The maximum atomic E-state index is 14.3. The van der Waals surface area contributed by atoms with Crippen LogP contribution in [0.2, 0.25) is 0 Å². The van der Waals surface area contributed by atoms with Gasteiger partial charge in [-0.25, -0.2) is 0 Å². The number of carbonyl (C=O) groups excluding carboxylic acids is 2. The van der Waals surface area contributed by atoms with E-state index in [4.69, 9.17) is 14.2 Å². The van der Waals surface area contributed by atoms with Crippen molar-refractivity contribution in [3.05, 3.63) is 76.4 Å². The van der Waals surface area contributed by atoms with Gasteiger partial charge in [0.05, 0.1) is 39.3 Å². The van der Waals surface area contributed by atoms with Gasteiger partial charge in [0.1, 0.15) is 5.75 Å². The molecular formula is C39H49O10PS2. The molecule has 0 spiro atoms. The first-order chi connectivity index (χ1) is 24.7. The predicted molar refractivity (Wildman–Crippen MR) is 204 cm³/mol. The van der Waals surface area contributed by atoms with Crippen molar-refractivity contribution in [3.8, 4) is 17.2 Å². The van der Waals surface area contributed by atoms with Crippen LogP contribution in [-0.2, 0) is 34.1 Å². The highest BCUT2D eigenvalue weighted by Crippen LogP contribution is 2.48. The second-order valence-corrected chi connectivity index (χ2v) is 20.9. The number of thioether (sulfide) groups is 1. The summed E-state index contributed by atoms with van der Waals surface area (Å²) in [6.45, 7) is 7.92. The Hall–Kier alpha value is -2.89. The molecule has 4 aliphatic carbocycles. The Bertz CT molecular complexity index is 1920. The minimum Gasteiger partial charge on any atom is -0.493 e. The van der Waals surface area contributed by atoms with Gasteiger partial charge in [-0.15, -0.1) is 0 Å². The zero-order valence-corrected chi connectivity index (χ0v) is 32.5. The molecule has 282 valence electrons. The van der Waals surface area contributed by atoms with E-state index in [9.17, 15) is 32.2 Å². The third-order valence-electron chi connectivity index (χ3n) is 11.5. The second-order valence-electron chi connectivity index (χ2n) is 14.8. The van der Waals surface area contributed by atoms with Crippen molar-refractivity contribution >= 4 is 40.6 Å². The number of rotatable bonds is 14. The van der Waals surface area contributed by atoms with E-state index in [0.717, 1.165) is 42.4 Å². The number of aryl methyl sites for hydroxylation is 1. The zero-order chi connectivity index (χ0) is 37.4. The molecule has 2 aromatic rings. The highest BCUT2D eigenvalue weighted by atomic mass is 32.2. The van der Waals surface area contributed by atoms with Gasteiger partial charge in [-0.3, -0.25) is 14.1 Å². The summed E-state index contributed by atoms with van der Waals surface area (Å²) in [5.74, 6) is 0.943. The van der Waals surface area contributed by atoms with Gasteiger partial charge in [0.15, 0.2) is 23.1 Å². The van der Waals surface area contributed by atoms with Crippen molar-refractivity contribution in [2.24, 2.45) is 23.7 Å². The third kappa shape index (κ3) is 8.11. The van der Waals surface area contributed by atoms with E-state index in [2.05, 4.69) is 13.2 Å². The normalized spacial score (nSPS) is 25.3. The predicted octanol–water partition coefficient (Wildman–Crippen LogP) is 6.66. The highest BCUT2D eigenvalue weighted by Gasteiger charge is 2.47. The molecule has 0 heterocycles. The number of ether oxygens (including phenoxy) is 3. The molecule has 0 aromatic heterocycles. The maximum Gasteiger partial charge on any atom is 0.268 e. The fraction of sp³-hybridized carbons (Fsp3) is 0.538. The molecule has 13 heteroatoms. The molecule has 2 fully saturated rings. The lowest BCUT2D eigenvalue weighted by molar-refractivity contribution is 0.0887. The average molecular weight is 773 g/mol. The Labute approximate surface area is 310 Å². The Kier molecular flexibility index (Phi) is 11.8. The van der Waals surface area contributed by atoms with E-state index >= 15 is 0 Å². The van der Waals surface area contributed by atoms with Gasteiger partial charge in [-0.05, 0) is 104 Å². The van der Waals surface area contributed by atoms with E-state index in [1.807, 2.05) is 12.3 Å². The van der Waals surface area contributed by atoms with Crippen LogP contribution in [0.1, 0.15) is 69.5 Å². The van der Waals surface area contributed by atoms with Gasteiger partial charge in [0.25, 0.3) is 10.1 Å². The van der Waals surface area contributed by atoms with Crippen molar-refractivity contribution in [2.75, 3.05) is 50.8 Å². The molecule has 4 aliphatic rings. The topological polar surface area (TPSA) is 153 Å². The molecule has 10 nitrogen and oxygen atoms in total. The number of Topliss-reactive ketones (excluding diaryl/α,β-unsaturated/α-hetero) is 2. The number of methoxy groups -OCH3 is 1. The van der Waals surface area contributed by atoms with Crippen molar-refractivity contribution < 1.29 is 46.4 Å². The quantitative estimate of drug-likeness (QED) is 0.120. The van der Waals surface area contributed by atoms with Crippen molar-refractivity contribution in [1.82, 2.24) is 0 Å². The largest absolute Gasteiger partial charge is 0.493 e. The number of aliphatic hydroxyl groups excluding tert-OH is 1. The number of hydrogen-bond donors (Lipinski definition) is 2. The molecule has 6 atom stereocenters. The summed E-state index contributed by atoms with van der Waals surface area (Å²) in [5.41, 5.74) is 4.67. The SMILES string of the molecule is C=C1CC2C(=O)c3cc(OC)c(OCCP(=O)(CCOc4cc5c(cc4CO)C(=O)C4CC(=C)C[C@H]4C(S(=O)(=O)O)C5)CCSC)cc3CC[C@@H]2C1. The molecular weight excluding hydrogens is 724 g/mol. The van der Waals surface area contributed by atoms with Crippen LogP contribution in [0.3, 0.4) is 0 Å². The first-order valence-corrected chi connectivity index (χ1v) is 23.1. The van der Waals surface area contributed by atoms with E-state index in [0.29, 0.717) is 64.4 Å². The lowest BCUT2D eigenvalue weighted by Gasteiger charge is -2.22. The molecule has 0 amide bonds. The lowest BCUT2D eigenvalue weighted by atomic mass is 9.88. The fourth-order valence-corrected chi connectivity index (χ4v) is 13.4. The van der Waals surface area contributed by atoms with E-state index in [1.165, 1.54) is 0 Å². The molecule has 2 N–H and O–H groups in total. The molecule has 0 radical (unpaired) electrons. The third-order valence-corrected chi connectivity index (χ3v) is 16.7. The molecule has 0 bridgehead atoms. The zero-order valence-electron chi connectivity index (χ0n) is 29.9. The number of fused-ring (bicyclic) bond motifs is 4. The summed E-state index contributed by atoms with van der Waals surface area (Å²) < 4.78 is 67.4.